The number of rotatable bonds is 5. The topological polar surface area (TPSA) is 29.0 Å². The molecule has 0 fully saturated rings. The van der Waals surface area contributed by atoms with Crippen LogP contribution in [-0.4, -0.2) is 28.9 Å². The van der Waals surface area contributed by atoms with E-state index in [1.54, 1.807) is 12.4 Å². The van der Waals surface area contributed by atoms with Crippen LogP contribution in [0.1, 0.15) is 13.3 Å². The third kappa shape index (κ3) is 3.19. The molecule has 0 aliphatic rings. The summed E-state index contributed by atoms with van der Waals surface area (Å²) >= 11 is 5.62. The molecule has 1 aromatic rings. The van der Waals surface area contributed by atoms with E-state index in [4.69, 9.17) is 11.6 Å². The molecule has 0 saturated carbocycles. The van der Waals surface area contributed by atoms with Gasteiger partial charge in [-0.05, 0) is 19.4 Å². The summed E-state index contributed by atoms with van der Waals surface area (Å²) in [6.45, 7) is 3.93. The lowest BCUT2D eigenvalue weighted by Gasteiger charge is -2.19. The van der Waals surface area contributed by atoms with Gasteiger partial charge in [-0.1, -0.05) is 0 Å². The fraction of sp³-hybridized carbons (Fsp3) is 0.556. The van der Waals surface area contributed by atoms with E-state index in [1.807, 2.05) is 6.07 Å². The summed E-state index contributed by atoms with van der Waals surface area (Å²) in [4.78, 5) is 10.5. The highest BCUT2D eigenvalue weighted by molar-refractivity contribution is 6.17. The van der Waals surface area contributed by atoms with Crippen LogP contribution in [0.3, 0.4) is 0 Å². The van der Waals surface area contributed by atoms with Crippen molar-refractivity contribution in [2.45, 2.75) is 13.3 Å². The Morgan fingerprint density at radius 2 is 2.08 bits per heavy atom. The summed E-state index contributed by atoms with van der Waals surface area (Å²) in [5, 5.41) is 0. The second-order valence-corrected chi connectivity index (χ2v) is 3.05. The van der Waals surface area contributed by atoms with Gasteiger partial charge in [0.15, 0.2) is 0 Å². The Bertz CT molecular complexity index is 228. The predicted octanol–water partition coefficient (Wildman–Crippen LogP) is 1.93. The standard InChI is InChI=1S/C9H14ClN3/c1-2-13(8-3-5-10)9-11-6-4-7-12-9/h4,6-7H,2-3,5,8H2,1H3. The molecule has 3 nitrogen and oxygen atoms in total. The van der Waals surface area contributed by atoms with Crippen molar-refractivity contribution in [2.24, 2.45) is 0 Å². The van der Waals surface area contributed by atoms with E-state index in [-0.39, 0.29) is 0 Å². The third-order valence-electron chi connectivity index (χ3n) is 1.78. The highest BCUT2D eigenvalue weighted by Gasteiger charge is 2.04. The van der Waals surface area contributed by atoms with Gasteiger partial charge in [0.2, 0.25) is 5.95 Å². The number of anilines is 1. The highest BCUT2D eigenvalue weighted by Crippen LogP contribution is 2.05. The Morgan fingerprint density at radius 3 is 2.62 bits per heavy atom. The maximum absolute atomic E-state index is 5.62. The van der Waals surface area contributed by atoms with E-state index in [2.05, 4.69) is 21.8 Å². The molecule has 0 saturated heterocycles. The molecule has 72 valence electrons. The van der Waals surface area contributed by atoms with Gasteiger partial charge in [-0.15, -0.1) is 11.6 Å². The minimum atomic E-state index is 0.684. The smallest absolute Gasteiger partial charge is 0.225 e. The molecule has 0 spiro atoms. The SMILES string of the molecule is CCN(CCCCl)c1ncccn1. The first-order chi connectivity index (χ1) is 6.38. The lowest BCUT2D eigenvalue weighted by atomic mass is 10.4. The zero-order chi connectivity index (χ0) is 9.52. The Hall–Kier alpha value is -0.830. The van der Waals surface area contributed by atoms with Gasteiger partial charge in [0.05, 0.1) is 0 Å². The Kier molecular flexibility index (Phi) is 4.54. The van der Waals surface area contributed by atoms with E-state index in [1.165, 1.54) is 0 Å². The monoisotopic (exact) mass is 199 g/mol. The van der Waals surface area contributed by atoms with Gasteiger partial charge >= 0.3 is 0 Å². The van der Waals surface area contributed by atoms with E-state index >= 15 is 0 Å². The molecule has 0 unspecified atom stereocenters. The van der Waals surface area contributed by atoms with E-state index in [0.29, 0.717) is 5.88 Å². The van der Waals surface area contributed by atoms with Crippen LogP contribution in [0.2, 0.25) is 0 Å². The Balaban J connectivity index is 2.56. The lowest BCUT2D eigenvalue weighted by molar-refractivity contribution is 0.765. The molecule has 0 aliphatic heterocycles. The molecular formula is C9H14ClN3. The molecule has 0 aliphatic carbocycles. The zero-order valence-corrected chi connectivity index (χ0v) is 8.54. The Labute approximate surface area is 83.8 Å². The first-order valence-corrected chi connectivity index (χ1v) is 5.00. The van der Waals surface area contributed by atoms with Crippen LogP contribution in [0.5, 0.6) is 0 Å². The molecule has 0 atom stereocenters. The quantitative estimate of drug-likeness (QED) is 0.679. The minimum Gasteiger partial charge on any atom is -0.341 e. The van der Waals surface area contributed by atoms with Gasteiger partial charge in [0, 0.05) is 31.4 Å². The van der Waals surface area contributed by atoms with Crippen molar-refractivity contribution in [2.75, 3.05) is 23.9 Å². The van der Waals surface area contributed by atoms with E-state index in [0.717, 1.165) is 25.5 Å². The maximum atomic E-state index is 5.62. The van der Waals surface area contributed by atoms with Crippen LogP contribution < -0.4 is 4.90 Å². The van der Waals surface area contributed by atoms with Gasteiger partial charge < -0.3 is 4.90 Å². The van der Waals surface area contributed by atoms with Crippen LogP contribution in [0.15, 0.2) is 18.5 Å². The van der Waals surface area contributed by atoms with E-state index in [9.17, 15) is 0 Å². The molecule has 0 aromatic carbocycles. The number of hydrogen-bond donors (Lipinski definition) is 0. The normalized spacial score (nSPS) is 10.0. The average molecular weight is 200 g/mol. The first kappa shape index (κ1) is 10.3. The van der Waals surface area contributed by atoms with Gasteiger partial charge in [0.1, 0.15) is 0 Å². The summed E-state index contributed by atoms with van der Waals surface area (Å²) in [5.74, 6) is 1.47. The van der Waals surface area contributed by atoms with E-state index < -0.39 is 0 Å². The summed E-state index contributed by atoms with van der Waals surface area (Å²) in [6, 6.07) is 1.82. The van der Waals surface area contributed by atoms with Crippen LogP contribution in [0, 0.1) is 0 Å². The summed E-state index contributed by atoms with van der Waals surface area (Å²) in [7, 11) is 0. The maximum Gasteiger partial charge on any atom is 0.225 e. The molecule has 13 heavy (non-hydrogen) atoms. The van der Waals surface area contributed by atoms with Crippen molar-refractivity contribution in [3.63, 3.8) is 0 Å². The van der Waals surface area contributed by atoms with Gasteiger partial charge in [0.25, 0.3) is 0 Å². The summed E-state index contributed by atoms with van der Waals surface area (Å²) in [6.07, 6.45) is 4.48. The van der Waals surface area contributed by atoms with Crippen molar-refractivity contribution in [1.29, 1.82) is 0 Å². The molecule has 4 heteroatoms. The van der Waals surface area contributed by atoms with Gasteiger partial charge in [-0.2, -0.15) is 0 Å². The minimum absolute atomic E-state index is 0.684. The van der Waals surface area contributed by atoms with Crippen molar-refractivity contribution in [3.05, 3.63) is 18.5 Å². The molecule has 1 rings (SSSR count). The molecule has 0 N–H and O–H groups in total. The second kappa shape index (κ2) is 5.75. The van der Waals surface area contributed by atoms with Crippen LogP contribution in [-0.2, 0) is 0 Å². The van der Waals surface area contributed by atoms with Crippen molar-refractivity contribution >= 4 is 17.5 Å². The molecule has 0 amide bonds. The molecule has 0 radical (unpaired) electrons. The predicted molar refractivity (Wildman–Crippen MR) is 55.3 cm³/mol. The zero-order valence-electron chi connectivity index (χ0n) is 7.78. The summed E-state index contributed by atoms with van der Waals surface area (Å²) in [5.41, 5.74) is 0. The first-order valence-electron chi connectivity index (χ1n) is 4.46. The molecule has 1 aromatic heterocycles. The third-order valence-corrected chi connectivity index (χ3v) is 2.05. The fourth-order valence-electron chi connectivity index (χ4n) is 1.10. The summed E-state index contributed by atoms with van der Waals surface area (Å²) < 4.78 is 0. The lowest BCUT2D eigenvalue weighted by Crippen LogP contribution is -2.26. The molecule has 1 heterocycles. The number of halogens is 1. The highest BCUT2D eigenvalue weighted by atomic mass is 35.5. The van der Waals surface area contributed by atoms with Gasteiger partial charge in [-0.25, -0.2) is 9.97 Å². The average Bonchev–Trinajstić information content (AvgIpc) is 2.21. The number of aromatic nitrogens is 2. The van der Waals surface area contributed by atoms with Crippen molar-refractivity contribution in [3.8, 4) is 0 Å². The Morgan fingerprint density at radius 1 is 1.38 bits per heavy atom. The number of nitrogens with zero attached hydrogens (tertiary/aromatic N) is 3. The van der Waals surface area contributed by atoms with Crippen LogP contribution >= 0.6 is 11.6 Å². The fourth-order valence-corrected chi connectivity index (χ4v) is 1.22. The second-order valence-electron chi connectivity index (χ2n) is 2.67. The van der Waals surface area contributed by atoms with Crippen molar-refractivity contribution in [1.82, 2.24) is 9.97 Å². The van der Waals surface area contributed by atoms with Gasteiger partial charge in [-0.3, -0.25) is 0 Å². The number of hydrogen-bond acceptors (Lipinski definition) is 3. The molecular weight excluding hydrogens is 186 g/mol. The number of alkyl halides is 1. The van der Waals surface area contributed by atoms with Crippen molar-refractivity contribution < 1.29 is 0 Å². The molecule has 0 bridgehead atoms. The van der Waals surface area contributed by atoms with Crippen LogP contribution in [0.4, 0.5) is 5.95 Å². The largest absolute Gasteiger partial charge is 0.341 e. The van der Waals surface area contributed by atoms with Crippen LogP contribution in [0.25, 0.3) is 0 Å².